The summed E-state index contributed by atoms with van der Waals surface area (Å²) in [6, 6.07) is 6.85. The summed E-state index contributed by atoms with van der Waals surface area (Å²) in [4.78, 5) is 8.88. The molecule has 0 saturated heterocycles. The SMILES string of the molecule is CC(C)(COc1cccc2c1C(N)=NS(=O)(=O)N2)Nc1ccnc(NCC2CCCC2)n1. The predicted molar refractivity (Wildman–Crippen MR) is 125 cm³/mol. The lowest BCUT2D eigenvalue weighted by molar-refractivity contribution is 0.256. The molecule has 1 aliphatic heterocycles. The van der Waals surface area contributed by atoms with Crippen molar-refractivity contribution in [2.24, 2.45) is 16.0 Å². The molecule has 11 heteroatoms. The highest BCUT2D eigenvalue weighted by molar-refractivity contribution is 7.91. The lowest BCUT2D eigenvalue weighted by Gasteiger charge is -2.28. The van der Waals surface area contributed by atoms with E-state index in [2.05, 4.69) is 29.7 Å². The summed E-state index contributed by atoms with van der Waals surface area (Å²) in [5, 5.41) is 6.71. The molecule has 2 aromatic rings. The molecular weight excluding hydrogens is 430 g/mol. The fourth-order valence-electron chi connectivity index (χ4n) is 3.94. The van der Waals surface area contributed by atoms with Gasteiger partial charge in [0.1, 0.15) is 18.2 Å². The van der Waals surface area contributed by atoms with E-state index in [-0.39, 0.29) is 12.4 Å². The minimum atomic E-state index is -3.84. The summed E-state index contributed by atoms with van der Waals surface area (Å²) in [6.07, 6.45) is 6.85. The van der Waals surface area contributed by atoms with E-state index < -0.39 is 15.7 Å². The zero-order valence-electron chi connectivity index (χ0n) is 18.3. The van der Waals surface area contributed by atoms with Gasteiger partial charge in [-0.2, -0.15) is 13.4 Å². The van der Waals surface area contributed by atoms with E-state index >= 15 is 0 Å². The maximum Gasteiger partial charge on any atom is 0.344 e. The Balaban J connectivity index is 1.40. The monoisotopic (exact) mass is 459 g/mol. The molecule has 2 heterocycles. The molecule has 1 aromatic carbocycles. The Hall–Kier alpha value is -3.08. The second-order valence-electron chi connectivity index (χ2n) is 8.83. The first-order valence-electron chi connectivity index (χ1n) is 10.7. The number of aromatic nitrogens is 2. The van der Waals surface area contributed by atoms with Gasteiger partial charge in [0, 0.05) is 12.7 Å². The van der Waals surface area contributed by atoms with Crippen LogP contribution in [0.25, 0.3) is 0 Å². The quantitative estimate of drug-likeness (QED) is 0.472. The third-order valence-electron chi connectivity index (χ3n) is 5.47. The van der Waals surface area contributed by atoms with Crippen LogP contribution in [-0.2, 0) is 10.2 Å². The zero-order valence-corrected chi connectivity index (χ0v) is 19.1. The molecule has 0 bridgehead atoms. The largest absolute Gasteiger partial charge is 0.490 e. The van der Waals surface area contributed by atoms with Crippen LogP contribution < -0.4 is 25.8 Å². The van der Waals surface area contributed by atoms with Gasteiger partial charge < -0.3 is 21.1 Å². The number of nitrogens with zero attached hydrogens (tertiary/aromatic N) is 3. The van der Waals surface area contributed by atoms with Crippen LogP contribution in [0.15, 0.2) is 34.9 Å². The molecule has 10 nitrogen and oxygen atoms in total. The summed E-state index contributed by atoms with van der Waals surface area (Å²) in [7, 11) is -3.84. The third kappa shape index (κ3) is 5.39. The number of amidine groups is 1. The Morgan fingerprint density at radius 2 is 2.03 bits per heavy atom. The predicted octanol–water partition coefficient (Wildman–Crippen LogP) is 2.72. The van der Waals surface area contributed by atoms with Gasteiger partial charge in [-0.25, -0.2) is 4.98 Å². The molecule has 1 fully saturated rings. The highest BCUT2D eigenvalue weighted by Gasteiger charge is 2.26. The molecule has 0 amide bonds. The van der Waals surface area contributed by atoms with E-state index in [1.165, 1.54) is 25.7 Å². The fourth-order valence-corrected chi connectivity index (χ4v) is 4.79. The number of hydrogen-bond donors (Lipinski definition) is 4. The van der Waals surface area contributed by atoms with Gasteiger partial charge in [-0.15, -0.1) is 4.40 Å². The van der Waals surface area contributed by atoms with Crippen LogP contribution in [-0.4, -0.2) is 42.9 Å². The molecule has 0 unspecified atom stereocenters. The number of hydrogen-bond acceptors (Lipinski definition) is 8. The van der Waals surface area contributed by atoms with E-state index in [0.717, 1.165) is 6.54 Å². The van der Waals surface area contributed by atoms with Crippen LogP contribution in [0.3, 0.4) is 0 Å². The van der Waals surface area contributed by atoms with Gasteiger partial charge in [-0.05, 0) is 50.8 Å². The number of ether oxygens (including phenoxy) is 1. The topological polar surface area (TPSA) is 144 Å². The molecule has 172 valence electrons. The lowest BCUT2D eigenvalue weighted by Crippen LogP contribution is -2.38. The van der Waals surface area contributed by atoms with Crippen molar-refractivity contribution in [3.05, 3.63) is 36.0 Å². The maximum absolute atomic E-state index is 11.8. The van der Waals surface area contributed by atoms with Crippen molar-refractivity contribution in [1.82, 2.24) is 9.97 Å². The first-order valence-corrected chi connectivity index (χ1v) is 12.1. The zero-order chi connectivity index (χ0) is 22.8. The summed E-state index contributed by atoms with van der Waals surface area (Å²) in [5.74, 6) is 2.33. The third-order valence-corrected chi connectivity index (χ3v) is 6.39. The Morgan fingerprint density at radius 3 is 2.81 bits per heavy atom. The molecule has 32 heavy (non-hydrogen) atoms. The van der Waals surface area contributed by atoms with Crippen molar-refractivity contribution in [2.75, 3.05) is 28.5 Å². The van der Waals surface area contributed by atoms with Gasteiger partial charge in [0.15, 0.2) is 5.84 Å². The van der Waals surface area contributed by atoms with Crippen molar-refractivity contribution in [3.8, 4) is 5.75 Å². The van der Waals surface area contributed by atoms with Crippen molar-refractivity contribution >= 4 is 33.5 Å². The number of benzene rings is 1. The highest BCUT2D eigenvalue weighted by atomic mass is 32.2. The number of nitrogens with two attached hydrogens (primary N) is 1. The molecule has 2 aliphatic rings. The Morgan fingerprint density at radius 1 is 1.25 bits per heavy atom. The Kier molecular flexibility index (Phi) is 6.09. The van der Waals surface area contributed by atoms with E-state index in [0.29, 0.717) is 34.7 Å². The molecule has 1 saturated carbocycles. The summed E-state index contributed by atoms with van der Waals surface area (Å²) < 4.78 is 35.4. The highest BCUT2D eigenvalue weighted by Crippen LogP contribution is 2.31. The molecule has 0 radical (unpaired) electrons. The van der Waals surface area contributed by atoms with Crippen molar-refractivity contribution in [2.45, 2.75) is 45.1 Å². The molecular formula is C21H29N7O3S. The first kappa shape index (κ1) is 22.1. The van der Waals surface area contributed by atoms with Gasteiger partial charge >= 0.3 is 10.2 Å². The van der Waals surface area contributed by atoms with Crippen LogP contribution in [0, 0.1) is 5.92 Å². The van der Waals surface area contributed by atoms with Crippen LogP contribution in [0.4, 0.5) is 17.5 Å². The minimum Gasteiger partial charge on any atom is -0.490 e. The molecule has 5 N–H and O–H groups in total. The second kappa shape index (κ2) is 8.81. The molecule has 4 rings (SSSR count). The summed E-state index contributed by atoms with van der Waals surface area (Å²) in [5.41, 5.74) is 6.17. The fraction of sp³-hybridized carbons (Fsp3) is 0.476. The van der Waals surface area contributed by atoms with Crippen LogP contribution in [0.1, 0.15) is 45.1 Å². The van der Waals surface area contributed by atoms with Gasteiger partial charge in [0.05, 0.1) is 16.8 Å². The van der Waals surface area contributed by atoms with E-state index in [1.807, 2.05) is 19.9 Å². The smallest absolute Gasteiger partial charge is 0.344 e. The van der Waals surface area contributed by atoms with E-state index in [4.69, 9.17) is 10.5 Å². The molecule has 0 spiro atoms. The van der Waals surface area contributed by atoms with Crippen LogP contribution in [0.5, 0.6) is 5.75 Å². The maximum atomic E-state index is 11.8. The van der Waals surface area contributed by atoms with Gasteiger partial charge in [-0.3, -0.25) is 4.72 Å². The average Bonchev–Trinajstić information content (AvgIpc) is 3.23. The number of anilines is 3. The van der Waals surface area contributed by atoms with Crippen LogP contribution in [0.2, 0.25) is 0 Å². The number of nitrogens with one attached hydrogen (secondary N) is 3. The van der Waals surface area contributed by atoms with Crippen molar-refractivity contribution in [1.29, 1.82) is 0 Å². The van der Waals surface area contributed by atoms with E-state index in [9.17, 15) is 8.42 Å². The van der Waals surface area contributed by atoms with E-state index in [1.54, 1.807) is 24.4 Å². The number of rotatable bonds is 8. The summed E-state index contributed by atoms with van der Waals surface area (Å²) in [6.45, 7) is 5.13. The Bertz CT molecular complexity index is 1110. The lowest BCUT2D eigenvalue weighted by atomic mass is 10.1. The molecule has 1 aliphatic carbocycles. The molecule has 1 aromatic heterocycles. The first-order chi connectivity index (χ1) is 15.2. The van der Waals surface area contributed by atoms with Crippen molar-refractivity contribution in [3.63, 3.8) is 0 Å². The number of fused-ring (bicyclic) bond motifs is 1. The average molecular weight is 460 g/mol. The van der Waals surface area contributed by atoms with Crippen LogP contribution >= 0.6 is 0 Å². The van der Waals surface area contributed by atoms with Gasteiger partial charge in [0.2, 0.25) is 5.95 Å². The normalized spacial score (nSPS) is 17.8. The Labute approximate surface area is 188 Å². The standard InChI is InChI=1S/C21H29N7O3S/c1-21(2,26-17-10-11-23-20(25-17)24-12-14-6-3-4-7-14)13-31-16-9-5-8-15-18(16)19(22)28-32(29,30)27-15/h5,8-11,14,27H,3-4,6-7,12-13H2,1-2H3,(H2,22,28)(H2,23,24,25,26). The summed E-state index contributed by atoms with van der Waals surface area (Å²) >= 11 is 0. The van der Waals surface area contributed by atoms with Gasteiger partial charge in [0.25, 0.3) is 0 Å². The van der Waals surface area contributed by atoms with Gasteiger partial charge in [-0.1, -0.05) is 18.9 Å². The minimum absolute atomic E-state index is 0.103. The van der Waals surface area contributed by atoms with Crippen molar-refractivity contribution < 1.29 is 13.2 Å². The molecule has 0 atom stereocenters. The second-order valence-corrected chi connectivity index (χ2v) is 10.2.